The zero-order valence-corrected chi connectivity index (χ0v) is 20.5. The van der Waals surface area contributed by atoms with Crippen molar-refractivity contribution >= 4 is 17.7 Å². The predicted octanol–water partition coefficient (Wildman–Crippen LogP) is 4.76. The van der Waals surface area contributed by atoms with Gasteiger partial charge in [0.2, 0.25) is 5.91 Å². The summed E-state index contributed by atoms with van der Waals surface area (Å²) in [6, 6.07) is 11.9. The molecule has 2 saturated carbocycles. The van der Waals surface area contributed by atoms with Gasteiger partial charge in [-0.05, 0) is 87.3 Å². The number of carbonyl (C=O) groups is 1. The Morgan fingerprint density at radius 2 is 1.94 bits per heavy atom. The Kier molecular flexibility index (Phi) is 6.85. The number of thioether (sulfide) groups is 1. The summed E-state index contributed by atoms with van der Waals surface area (Å²) in [5, 5.41) is 12.8. The fourth-order valence-corrected chi connectivity index (χ4v) is 6.34. The summed E-state index contributed by atoms with van der Waals surface area (Å²) in [5.74, 6) is 4.17. The number of carbonyl (C=O) groups excluding carboxylic acids is 1. The molecular weight excluding hydrogens is 446 g/mol. The van der Waals surface area contributed by atoms with Gasteiger partial charge in [-0.15, -0.1) is 10.2 Å². The predicted molar refractivity (Wildman–Crippen MR) is 133 cm³/mol. The van der Waals surface area contributed by atoms with Gasteiger partial charge in [-0.1, -0.05) is 18.2 Å². The van der Waals surface area contributed by atoms with Crippen LogP contribution in [0.5, 0.6) is 5.75 Å². The fraction of sp³-hybridized carbons (Fsp3) is 0.462. The number of benzene rings is 1. The second-order valence-electron chi connectivity index (χ2n) is 9.29. The molecule has 1 N–H and O–H groups in total. The van der Waals surface area contributed by atoms with Crippen molar-refractivity contribution in [3.8, 4) is 22.8 Å². The number of nitrogens with zero attached hydrogens (tertiary/aromatic N) is 4. The highest BCUT2D eigenvalue weighted by Crippen LogP contribution is 2.49. The van der Waals surface area contributed by atoms with Crippen molar-refractivity contribution in [2.24, 2.45) is 17.8 Å². The summed E-state index contributed by atoms with van der Waals surface area (Å²) >= 11 is 1.41. The van der Waals surface area contributed by atoms with E-state index in [0.29, 0.717) is 29.3 Å². The first-order chi connectivity index (χ1) is 16.6. The monoisotopic (exact) mass is 477 g/mol. The maximum absolute atomic E-state index is 12.8. The lowest BCUT2D eigenvalue weighted by Gasteiger charge is -2.28. The average molecular weight is 478 g/mol. The Bertz CT molecular complexity index is 1120. The molecule has 1 amide bonds. The minimum absolute atomic E-state index is 0.0481. The van der Waals surface area contributed by atoms with Crippen LogP contribution >= 0.6 is 11.8 Å². The molecule has 8 heteroatoms. The van der Waals surface area contributed by atoms with Crippen LogP contribution < -0.4 is 10.1 Å². The Labute approximate surface area is 204 Å². The molecule has 0 aliphatic heterocycles. The van der Waals surface area contributed by atoms with Gasteiger partial charge in [0, 0.05) is 29.7 Å². The van der Waals surface area contributed by atoms with Gasteiger partial charge in [0.1, 0.15) is 5.75 Å². The third kappa shape index (κ3) is 4.82. The van der Waals surface area contributed by atoms with Crippen LogP contribution in [-0.2, 0) is 4.79 Å². The van der Waals surface area contributed by atoms with Gasteiger partial charge in [0.25, 0.3) is 0 Å². The number of ether oxygens (including phenoxy) is 1. The first-order valence-corrected chi connectivity index (χ1v) is 13.1. The number of amides is 1. The second-order valence-corrected chi connectivity index (χ2v) is 10.2. The third-order valence-electron chi connectivity index (χ3n) is 7.13. The Balaban J connectivity index is 1.32. The highest BCUT2D eigenvalue weighted by atomic mass is 32.2. The van der Waals surface area contributed by atoms with Crippen molar-refractivity contribution in [1.29, 1.82) is 0 Å². The molecule has 34 heavy (non-hydrogen) atoms. The fourth-order valence-electron chi connectivity index (χ4n) is 5.58. The van der Waals surface area contributed by atoms with E-state index in [1.807, 2.05) is 47.9 Å². The molecule has 0 saturated heterocycles. The van der Waals surface area contributed by atoms with Gasteiger partial charge in [-0.2, -0.15) is 0 Å². The van der Waals surface area contributed by atoms with Crippen LogP contribution in [0.25, 0.3) is 17.1 Å². The van der Waals surface area contributed by atoms with Crippen LogP contribution in [0.2, 0.25) is 0 Å². The number of nitrogens with one attached hydrogen (secondary N) is 1. The molecule has 4 atom stereocenters. The van der Waals surface area contributed by atoms with Crippen molar-refractivity contribution in [2.75, 3.05) is 12.4 Å². The molecule has 2 bridgehead atoms. The molecule has 2 fully saturated rings. The molecule has 2 aliphatic rings. The van der Waals surface area contributed by atoms with E-state index >= 15 is 0 Å². The third-order valence-corrected chi connectivity index (χ3v) is 8.06. The topological polar surface area (TPSA) is 81.9 Å². The highest BCUT2D eigenvalue weighted by molar-refractivity contribution is 7.99. The van der Waals surface area contributed by atoms with Crippen molar-refractivity contribution < 1.29 is 9.53 Å². The van der Waals surface area contributed by atoms with Gasteiger partial charge in [0.05, 0.1) is 12.4 Å². The van der Waals surface area contributed by atoms with Crippen LogP contribution in [0, 0.1) is 17.8 Å². The molecule has 0 spiro atoms. The minimum atomic E-state index is 0.0481. The van der Waals surface area contributed by atoms with Crippen LogP contribution in [0.15, 0.2) is 53.9 Å². The molecule has 7 nitrogen and oxygen atoms in total. The van der Waals surface area contributed by atoms with Gasteiger partial charge in [-0.25, -0.2) is 0 Å². The first-order valence-electron chi connectivity index (χ1n) is 12.1. The molecule has 3 aromatic rings. The van der Waals surface area contributed by atoms with Crippen LogP contribution in [-0.4, -0.2) is 44.1 Å². The van der Waals surface area contributed by atoms with Crippen molar-refractivity contribution in [3.63, 3.8) is 0 Å². The zero-order valence-electron chi connectivity index (χ0n) is 19.7. The van der Waals surface area contributed by atoms with Crippen molar-refractivity contribution in [3.05, 3.63) is 48.8 Å². The van der Waals surface area contributed by atoms with E-state index in [-0.39, 0.29) is 11.9 Å². The standard InChI is InChI=1S/C26H31N5O2S/c1-3-33-22-8-6-21(7-9-22)31-25(19-10-12-27-13-11-19)29-30-26(31)34-16-24(32)28-17(2)23-15-18-4-5-20(23)14-18/h6-13,17-18,20,23H,3-5,14-16H2,1-2H3,(H,28,32). The lowest BCUT2D eigenvalue weighted by atomic mass is 9.84. The van der Waals surface area contributed by atoms with E-state index in [4.69, 9.17) is 4.74 Å². The maximum Gasteiger partial charge on any atom is 0.230 e. The van der Waals surface area contributed by atoms with E-state index in [9.17, 15) is 4.79 Å². The van der Waals surface area contributed by atoms with E-state index in [1.165, 1.54) is 37.4 Å². The molecule has 2 heterocycles. The Hall–Kier alpha value is -2.87. The van der Waals surface area contributed by atoms with Gasteiger partial charge < -0.3 is 10.1 Å². The molecule has 5 rings (SSSR count). The summed E-state index contributed by atoms with van der Waals surface area (Å²) in [6.07, 6.45) is 8.79. The van der Waals surface area contributed by atoms with Crippen LogP contribution in [0.1, 0.15) is 39.5 Å². The molecule has 0 radical (unpaired) electrons. The Morgan fingerprint density at radius 3 is 2.62 bits per heavy atom. The molecular formula is C26H31N5O2S. The van der Waals surface area contributed by atoms with Crippen LogP contribution in [0.3, 0.4) is 0 Å². The van der Waals surface area contributed by atoms with Crippen molar-refractivity contribution in [1.82, 2.24) is 25.1 Å². The number of hydrogen-bond acceptors (Lipinski definition) is 6. The Morgan fingerprint density at radius 1 is 1.15 bits per heavy atom. The SMILES string of the molecule is CCOc1ccc(-n2c(SCC(=O)NC(C)C3CC4CCC3C4)nnc2-c2ccncc2)cc1. The number of aromatic nitrogens is 4. The summed E-state index contributed by atoms with van der Waals surface area (Å²) in [4.78, 5) is 16.9. The maximum atomic E-state index is 12.8. The quantitative estimate of drug-likeness (QED) is 0.448. The lowest BCUT2D eigenvalue weighted by molar-refractivity contribution is -0.119. The normalized spacial score (nSPS) is 22.0. The van der Waals surface area contributed by atoms with Gasteiger partial charge in [-0.3, -0.25) is 14.3 Å². The number of hydrogen-bond donors (Lipinski definition) is 1. The van der Waals surface area contributed by atoms with E-state index in [1.54, 1.807) is 12.4 Å². The lowest BCUT2D eigenvalue weighted by Crippen LogP contribution is -2.40. The summed E-state index contributed by atoms with van der Waals surface area (Å²) in [6.45, 7) is 4.75. The largest absolute Gasteiger partial charge is 0.494 e. The summed E-state index contributed by atoms with van der Waals surface area (Å²) in [7, 11) is 0. The van der Waals surface area contributed by atoms with E-state index in [0.717, 1.165) is 28.8 Å². The molecule has 1 aromatic carbocycles. The molecule has 2 aliphatic carbocycles. The first kappa shape index (κ1) is 22.9. The zero-order chi connectivity index (χ0) is 23.5. The van der Waals surface area contributed by atoms with Gasteiger partial charge >= 0.3 is 0 Å². The molecule has 2 aromatic heterocycles. The number of pyridine rings is 1. The summed E-state index contributed by atoms with van der Waals surface area (Å²) in [5.41, 5.74) is 1.83. The van der Waals surface area contributed by atoms with E-state index < -0.39 is 0 Å². The highest BCUT2D eigenvalue weighted by Gasteiger charge is 2.42. The second kappa shape index (κ2) is 10.2. The number of fused-ring (bicyclic) bond motifs is 2. The smallest absolute Gasteiger partial charge is 0.230 e. The average Bonchev–Trinajstić information content (AvgIpc) is 3.60. The van der Waals surface area contributed by atoms with Crippen molar-refractivity contribution in [2.45, 2.75) is 50.7 Å². The molecule has 4 unspecified atom stereocenters. The molecule has 178 valence electrons. The van der Waals surface area contributed by atoms with Gasteiger partial charge in [0.15, 0.2) is 11.0 Å². The van der Waals surface area contributed by atoms with Crippen LogP contribution in [0.4, 0.5) is 0 Å². The van der Waals surface area contributed by atoms with E-state index in [2.05, 4.69) is 27.4 Å². The minimum Gasteiger partial charge on any atom is -0.494 e. The summed E-state index contributed by atoms with van der Waals surface area (Å²) < 4.78 is 7.58. The number of rotatable bonds is 9.